The van der Waals surface area contributed by atoms with Gasteiger partial charge in [0.1, 0.15) is 5.82 Å². The fourth-order valence-electron chi connectivity index (χ4n) is 1.04. The number of carbonyl (C=O) groups is 1. The predicted octanol–water partition coefficient (Wildman–Crippen LogP) is 1.21. The summed E-state index contributed by atoms with van der Waals surface area (Å²) in [6.45, 7) is 7.81. The average molecular weight is 193 g/mol. The van der Waals surface area contributed by atoms with Crippen LogP contribution in [-0.4, -0.2) is 22.4 Å². The zero-order valence-corrected chi connectivity index (χ0v) is 8.50. The van der Waals surface area contributed by atoms with Crippen LogP contribution < -0.4 is 5.32 Å². The monoisotopic (exact) mass is 193 g/mol. The number of nitrogens with zero attached hydrogens (tertiary/aromatic N) is 1. The van der Waals surface area contributed by atoms with E-state index in [4.69, 9.17) is 0 Å². The van der Waals surface area contributed by atoms with Crippen LogP contribution in [0, 0.1) is 0 Å². The summed E-state index contributed by atoms with van der Waals surface area (Å²) in [4.78, 5) is 18.3. The van der Waals surface area contributed by atoms with Gasteiger partial charge < -0.3 is 10.3 Å². The molecule has 0 aliphatic rings. The first kappa shape index (κ1) is 10.5. The molecule has 2 N–H and O–H groups in total. The second-order valence-corrected chi connectivity index (χ2v) is 3.37. The zero-order valence-electron chi connectivity index (χ0n) is 8.50. The van der Waals surface area contributed by atoms with Crippen LogP contribution in [0.5, 0.6) is 0 Å². The van der Waals surface area contributed by atoms with Gasteiger partial charge in [0.2, 0.25) is 5.91 Å². The van der Waals surface area contributed by atoms with Crippen LogP contribution in [0.1, 0.15) is 25.6 Å². The third-order valence-electron chi connectivity index (χ3n) is 1.94. The summed E-state index contributed by atoms with van der Waals surface area (Å²) in [5.41, 5.74) is 0.525. The Bertz CT molecular complexity index is 316. The largest absolute Gasteiger partial charge is 0.352 e. The van der Waals surface area contributed by atoms with Gasteiger partial charge in [0, 0.05) is 30.4 Å². The van der Waals surface area contributed by atoms with E-state index < -0.39 is 0 Å². The highest BCUT2D eigenvalue weighted by Gasteiger charge is 2.09. The van der Waals surface area contributed by atoms with Gasteiger partial charge >= 0.3 is 0 Å². The second kappa shape index (κ2) is 4.60. The number of aromatic amines is 1. The molecule has 76 valence electrons. The highest BCUT2D eigenvalue weighted by Crippen LogP contribution is 2.07. The minimum Gasteiger partial charge on any atom is -0.352 e. The molecule has 1 atom stereocenters. The lowest BCUT2D eigenvalue weighted by Gasteiger charge is -2.09. The molecular weight excluding hydrogens is 178 g/mol. The van der Waals surface area contributed by atoms with Crippen molar-refractivity contribution in [3.05, 3.63) is 30.4 Å². The fraction of sp³-hybridized carbons (Fsp3) is 0.400. The second-order valence-electron chi connectivity index (χ2n) is 3.37. The Balaban J connectivity index is 2.39. The molecule has 4 heteroatoms. The summed E-state index contributed by atoms with van der Waals surface area (Å²) in [5.74, 6) is 0.962. The Morgan fingerprint density at radius 3 is 3.00 bits per heavy atom. The van der Waals surface area contributed by atoms with Gasteiger partial charge in [0.05, 0.1) is 0 Å². The average Bonchev–Trinajstić information content (AvgIpc) is 2.66. The molecule has 0 spiro atoms. The molecule has 14 heavy (non-hydrogen) atoms. The quantitative estimate of drug-likeness (QED) is 0.706. The number of nitrogens with one attached hydrogen (secondary N) is 2. The number of rotatable bonds is 4. The van der Waals surface area contributed by atoms with Gasteiger partial charge in [0.25, 0.3) is 0 Å². The minimum absolute atomic E-state index is 0.108. The fourth-order valence-corrected chi connectivity index (χ4v) is 1.04. The molecule has 0 saturated carbocycles. The molecule has 1 rings (SSSR count). The number of hydrogen-bond acceptors (Lipinski definition) is 2. The first-order valence-electron chi connectivity index (χ1n) is 4.54. The molecule has 1 aromatic rings. The van der Waals surface area contributed by atoms with Crippen molar-refractivity contribution in [3.8, 4) is 0 Å². The summed E-state index contributed by atoms with van der Waals surface area (Å²) < 4.78 is 0. The third kappa shape index (κ3) is 2.73. The lowest BCUT2D eigenvalue weighted by Crippen LogP contribution is -2.28. The number of amides is 1. The minimum atomic E-state index is -0.108. The Morgan fingerprint density at radius 2 is 2.50 bits per heavy atom. The molecule has 1 heterocycles. The summed E-state index contributed by atoms with van der Waals surface area (Å²) in [6, 6.07) is 0. The van der Waals surface area contributed by atoms with Gasteiger partial charge in [0.15, 0.2) is 0 Å². The van der Waals surface area contributed by atoms with E-state index in [9.17, 15) is 4.79 Å². The summed E-state index contributed by atoms with van der Waals surface area (Å²) >= 11 is 0. The molecule has 0 aliphatic carbocycles. The molecule has 4 nitrogen and oxygen atoms in total. The summed E-state index contributed by atoms with van der Waals surface area (Å²) in [5, 5.41) is 2.77. The summed E-state index contributed by atoms with van der Waals surface area (Å²) in [7, 11) is 0. The Labute approximate surface area is 83.4 Å². The Morgan fingerprint density at radius 1 is 1.79 bits per heavy atom. The maximum absolute atomic E-state index is 11.2. The van der Waals surface area contributed by atoms with Crippen LogP contribution in [0.2, 0.25) is 0 Å². The maximum atomic E-state index is 11.2. The number of hydrogen-bond donors (Lipinski definition) is 2. The van der Waals surface area contributed by atoms with E-state index in [1.165, 1.54) is 0 Å². The topological polar surface area (TPSA) is 57.8 Å². The third-order valence-corrected chi connectivity index (χ3v) is 1.94. The van der Waals surface area contributed by atoms with Crippen molar-refractivity contribution >= 4 is 5.91 Å². The highest BCUT2D eigenvalue weighted by molar-refractivity contribution is 5.92. The van der Waals surface area contributed by atoms with Crippen LogP contribution in [0.25, 0.3) is 0 Å². The van der Waals surface area contributed by atoms with Crippen molar-refractivity contribution in [3.63, 3.8) is 0 Å². The molecule has 0 aliphatic heterocycles. The highest BCUT2D eigenvalue weighted by atomic mass is 16.1. The standard InChI is InChI=1S/C10H15N3O/c1-7(2)10(14)13-6-8(3)9-11-4-5-12-9/h4-5,8H,1,6H2,2-3H3,(H,11,12)(H,13,14). The van der Waals surface area contributed by atoms with Crippen molar-refractivity contribution in [2.75, 3.05) is 6.54 Å². The van der Waals surface area contributed by atoms with Gasteiger partial charge in [-0.1, -0.05) is 13.5 Å². The number of H-pyrrole nitrogens is 1. The van der Waals surface area contributed by atoms with Gasteiger partial charge in [-0.3, -0.25) is 4.79 Å². The first-order chi connectivity index (χ1) is 6.61. The van der Waals surface area contributed by atoms with E-state index in [0.29, 0.717) is 12.1 Å². The van der Waals surface area contributed by atoms with Crippen molar-refractivity contribution in [2.24, 2.45) is 0 Å². The van der Waals surface area contributed by atoms with E-state index in [0.717, 1.165) is 5.82 Å². The van der Waals surface area contributed by atoms with E-state index in [2.05, 4.69) is 21.9 Å². The van der Waals surface area contributed by atoms with Crippen molar-refractivity contribution in [1.29, 1.82) is 0 Å². The van der Waals surface area contributed by atoms with E-state index in [1.807, 2.05) is 6.92 Å². The van der Waals surface area contributed by atoms with E-state index in [1.54, 1.807) is 19.3 Å². The molecule has 0 bridgehead atoms. The van der Waals surface area contributed by atoms with Crippen molar-refractivity contribution < 1.29 is 4.79 Å². The number of imidazole rings is 1. The Kier molecular flexibility index (Phi) is 3.45. The SMILES string of the molecule is C=C(C)C(=O)NCC(C)c1ncc[nH]1. The smallest absolute Gasteiger partial charge is 0.246 e. The van der Waals surface area contributed by atoms with Crippen LogP contribution in [0.15, 0.2) is 24.5 Å². The maximum Gasteiger partial charge on any atom is 0.246 e. The van der Waals surface area contributed by atoms with Crippen LogP contribution in [0.3, 0.4) is 0 Å². The molecule has 0 fully saturated rings. The summed E-state index contributed by atoms with van der Waals surface area (Å²) in [6.07, 6.45) is 3.47. The first-order valence-corrected chi connectivity index (χ1v) is 4.54. The van der Waals surface area contributed by atoms with Gasteiger partial charge in [-0.2, -0.15) is 0 Å². The lowest BCUT2D eigenvalue weighted by molar-refractivity contribution is -0.117. The molecule has 0 radical (unpaired) electrons. The normalized spacial score (nSPS) is 12.1. The number of carbonyl (C=O) groups excluding carboxylic acids is 1. The van der Waals surface area contributed by atoms with Gasteiger partial charge in [-0.25, -0.2) is 4.98 Å². The number of aromatic nitrogens is 2. The molecule has 1 amide bonds. The van der Waals surface area contributed by atoms with Crippen LogP contribution in [0.4, 0.5) is 0 Å². The van der Waals surface area contributed by atoms with E-state index >= 15 is 0 Å². The molecule has 0 aromatic carbocycles. The predicted molar refractivity (Wildman–Crippen MR) is 54.8 cm³/mol. The van der Waals surface area contributed by atoms with Crippen LogP contribution in [-0.2, 0) is 4.79 Å². The van der Waals surface area contributed by atoms with Crippen LogP contribution >= 0.6 is 0 Å². The van der Waals surface area contributed by atoms with Crippen molar-refractivity contribution in [2.45, 2.75) is 19.8 Å². The van der Waals surface area contributed by atoms with Crippen molar-refractivity contribution in [1.82, 2.24) is 15.3 Å². The van der Waals surface area contributed by atoms with E-state index in [-0.39, 0.29) is 11.8 Å². The molecule has 1 unspecified atom stereocenters. The molecule has 1 aromatic heterocycles. The van der Waals surface area contributed by atoms with Gasteiger partial charge in [-0.15, -0.1) is 0 Å². The lowest BCUT2D eigenvalue weighted by atomic mass is 10.1. The zero-order chi connectivity index (χ0) is 10.6. The molecular formula is C10H15N3O. The molecule has 0 saturated heterocycles. The Hall–Kier alpha value is -1.58. The van der Waals surface area contributed by atoms with Gasteiger partial charge in [-0.05, 0) is 6.92 Å².